The highest BCUT2D eigenvalue weighted by Gasteiger charge is 2.39. The Morgan fingerprint density at radius 2 is 1.61 bits per heavy atom. The maximum absolute atomic E-state index is 12.6. The number of nitrogens with zero attached hydrogens (tertiary/aromatic N) is 4. The summed E-state index contributed by atoms with van der Waals surface area (Å²) in [6, 6.07) is 20.2. The van der Waals surface area contributed by atoms with Crippen LogP contribution in [0.25, 0.3) is 0 Å². The minimum absolute atomic E-state index is 0.0679. The molecule has 2 aliphatic rings. The van der Waals surface area contributed by atoms with Gasteiger partial charge in [-0.2, -0.15) is 0 Å². The molecule has 0 radical (unpaired) electrons. The molecule has 0 amide bonds. The van der Waals surface area contributed by atoms with E-state index in [9.17, 15) is 4.79 Å². The second-order valence-corrected chi connectivity index (χ2v) is 9.19. The molecule has 0 aliphatic carbocycles. The zero-order valence-corrected chi connectivity index (χ0v) is 18.8. The van der Waals surface area contributed by atoms with Crippen molar-refractivity contribution >= 4 is 51.6 Å². The van der Waals surface area contributed by atoms with E-state index in [-0.39, 0.29) is 11.9 Å². The Morgan fingerprint density at radius 1 is 0.968 bits per heavy atom. The molecule has 1 fully saturated rings. The summed E-state index contributed by atoms with van der Waals surface area (Å²) < 4.78 is 0. The van der Waals surface area contributed by atoms with Crippen molar-refractivity contribution in [3.05, 3.63) is 75.9 Å². The van der Waals surface area contributed by atoms with Crippen molar-refractivity contribution in [1.82, 2.24) is 0 Å². The first kappa shape index (κ1) is 20.1. The fourth-order valence-corrected chi connectivity index (χ4v) is 5.14. The molecule has 0 saturated carbocycles. The molecule has 0 unspecified atom stereocenters. The number of ketones is 1. The summed E-state index contributed by atoms with van der Waals surface area (Å²) in [5.41, 5.74) is 3.06. The molecule has 5 rings (SSSR count). The third-order valence-corrected chi connectivity index (χ3v) is 6.87. The average Bonchev–Trinajstić information content (AvgIpc) is 3.54. The van der Waals surface area contributed by atoms with Gasteiger partial charge in [0.25, 0.3) is 0 Å². The number of carbonyl (C=O) groups is 1. The lowest BCUT2D eigenvalue weighted by Crippen LogP contribution is -2.37. The molecule has 2 aliphatic heterocycles. The Labute approximate surface area is 191 Å². The zero-order valence-electron chi connectivity index (χ0n) is 17.2. The van der Waals surface area contributed by atoms with E-state index in [1.54, 1.807) is 18.3 Å². The van der Waals surface area contributed by atoms with Gasteiger partial charge in [0.2, 0.25) is 0 Å². The predicted octanol–water partition coefficient (Wildman–Crippen LogP) is 5.93. The minimum Gasteiger partial charge on any atom is -0.372 e. The maximum atomic E-state index is 12.6. The largest absolute Gasteiger partial charge is 0.372 e. The van der Waals surface area contributed by atoms with Crippen molar-refractivity contribution in [1.29, 1.82) is 0 Å². The monoisotopic (exact) mass is 450 g/mol. The van der Waals surface area contributed by atoms with E-state index in [0.29, 0.717) is 10.9 Å². The molecule has 0 spiro atoms. The molecule has 3 heterocycles. The van der Waals surface area contributed by atoms with E-state index in [1.807, 2.05) is 40.2 Å². The van der Waals surface area contributed by atoms with E-state index in [2.05, 4.69) is 40.6 Å². The van der Waals surface area contributed by atoms with Crippen LogP contribution in [0, 0.1) is 0 Å². The van der Waals surface area contributed by atoms with Crippen molar-refractivity contribution in [3.8, 4) is 0 Å². The average molecular weight is 451 g/mol. The van der Waals surface area contributed by atoms with Crippen LogP contribution in [0.15, 0.2) is 71.1 Å². The van der Waals surface area contributed by atoms with Gasteiger partial charge in [-0.05, 0) is 72.8 Å². The number of amidine groups is 1. The Bertz CT molecular complexity index is 1090. The summed E-state index contributed by atoms with van der Waals surface area (Å²) in [5, 5.41) is 9.39. The molecular weight excluding hydrogens is 428 g/mol. The zero-order chi connectivity index (χ0) is 21.4. The fourth-order valence-electron chi connectivity index (χ4n) is 4.21. The number of benzene rings is 2. The lowest BCUT2D eigenvalue weighted by Gasteiger charge is -2.31. The topological polar surface area (TPSA) is 39.2 Å². The molecule has 1 atom stereocenters. The first-order valence-corrected chi connectivity index (χ1v) is 11.7. The number of anilines is 3. The SMILES string of the molecule is CC(=O)C1=NN(c2ccc(Cl)cc2)[C@@H](c2cccs2)N1c1ccc(N2CCCC2)cc1. The van der Waals surface area contributed by atoms with Gasteiger partial charge in [0.15, 0.2) is 17.8 Å². The molecule has 158 valence electrons. The van der Waals surface area contributed by atoms with Gasteiger partial charge < -0.3 is 4.90 Å². The normalized spacial score (nSPS) is 18.6. The minimum atomic E-state index is -0.238. The highest BCUT2D eigenvalue weighted by Crippen LogP contribution is 2.41. The summed E-state index contributed by atoms with van der Waals surface area (Å²) in [4.78, 5) is 18.2. The number of halogens is 1. The molecule has 7 heteroatoms. The van der Waals surface area contributed by atoms with Gasteiger partial charge in [0, 0.05) is 41.3 Å². The van der Waals surface area contributed by atoms with Crippen molar-refractivity contribution < 1.29 is 4.79 Å². The van der Waals surface area contributed by atoms with Crippen LogP contribution in [0.5, 0.6) is 0 Å². The summed E-state index contributed by atoms with van der Waals surface area (Å²) in [5.74, 6) is 0.365. The quantitative estimate of drug-likeness (QED) is 0.483. The second kappa shape index (κ2) is 8.36. The number of carbonyl (C=O) groups excluding carboxylic acids is 1. The molecule has 1 aromatic heterocycles. The number of Topliss-reactive ketones (excluding diaryl/α,β-unsaturated/α-hetero) is 1. The number of hydrogen-bond donors (Lipinski definition) is 0. The molecule has 2 aromatic carbocycles. The molecule has 31 heavy (non-hydrogen) atoms. The van der Waals surface area contributed by atoms with Gasteiger partial charge in [-0.25, -0.2) is 5.01 Å². The molecule has 0 N–H and O–H groups in total. The van der Waals surface area contributed by atoms with Gasteiger partial charge in [-0.15, -0.1) is 16.4 Å². The van der Waals surface area contributed by atoms with Crippen molar-refractivity contribution in [2.24, 2.45) is 5.10 Å². The Balaban J connectivity index is 1.57. The first-order valence-electron chi connectivity index (χ1n) is 10.4. The Hall–Kier alpha value is -2.83. The first-order chi connectivity index (χ1) is 15.1. The van der Waals surface area contributed by atoms with Crippen LogP contribution in [0.2, 0.25) is 5.02 Å². The standard InChI is InChI=1S/C24H23ClN4OS/c1-17(30)23-26-29(21-8-6-18(25)7-9-21)24(22-5-4-16-31-22)28(23)20-12-10-19(11-13-20)27-14-2-3-15-27/h4-13,16,24H,2-3,14-15H2,1H3/t24-/m0/s1. The lowest BCUT2D eigenvalue weighted by molar-refractivity contribution is -0.111. The van der Waals surface area contributed by atoms with Crippen LogP contribution in [0.3, 0.4) is 0 Å². The Kier molecular flexibility index (Phi) is 5.42. The Morgan fingerprint density at radius 3 is 2.23 bits per heavy atom. The van der Waals surface area contributed by atoms with E-state index < -0.39 is 0 Å². The van der Waals surface area contributed by atoms with Gasteiger partial charge in [0.05, 0.1) is 5.69 Å². The number of thiophene rings is 1. The maximum Gasteiger partial charge on any atom is 0.198 e. The summed E-state index contributed by atoms with van der Waals surface area (Å²) in [7, 11) is 0. The fraction of sp³-hybridized carbons (Fsp3) is 0.250. The smallest absolute Gasteiger partial charge is 0.198 e. The van der Waals surface area contributed by atoms with Gasteiger partial charge >= 0.3 is 0 Å². The summed E-state index contributed by atoms with van der Waals surface area (Å²) >= 11 is 7.76. The van der Waals surface area contributed by atoms with E-state index >= 15 is 0 Å². The number of hydrazone groups is 1. The van der Waals surface area contributed by atoms with Crippen LogP contribution in [-0.2, 0) is 4.79 Å². The number of hydrogen-bond acceptors (Lipinski definition) is 6. The highest BCUT2D eigenvalue weighted by atomic mass is 35.5. The van der Waals surface area contributed by atoms with E-state index in [0.717, 1.165) is 29.3 Å². The van der Waals surface area contributed by atoms with E-state index in [4.69, 9.17) is 16.7 Å². The molecule has 3 aromatic rings. The lowest BCUT2D eigenvalue weighted by atomic mass is 10.2. The second-order valence-electron chi connectivity index (χ2n) is 7.77. The van der Waals surface area contributed by atoms with Gasteiger partial charge in [-0.1, -0.05) is 17.7 Å². The molecular formula is C24H23ClN4OS. The van der Waals surface area contributed by atoms with Crippen molar-refractivity contribution in [2.45, 2.75) is 25.9 Å². The van der Waals surface area contributed by atoms with Crippen LogP contribution in [0.1, 0.15) is 30.8 Å². The highest BCUT2D eigenvalue weighted by molar-refractivity contribution is 7.10. The van der Waals surface area contributed by atoms with Crippen molar-refractivity contribution in [3.63, 3.8) is 0 Å². The number of rotatable bonds is 5. The van der Waals surface area contributed by atoms with Crippen molar-refractivity contribution in [2.75, 3.05) is 27.9 Å². The van der Waals surface area contributed by atoms with Gasteiger partial charge in [0.1, 0.15) is 0 Å². The summed E-state index contributed by atoms with van der Waals surface area (Å²) in [6.07, 6.45) is 2.24. The van der Waals surface area contributed by atoms with E-state index in [1.165, 1.54) is 18.5 Å². The summed E-state index contributed by atoms with van der Waals surface area (Å²) in [6.45, 7) is 3.78. The van der Waals surface area contributed by atoms with Gasteiger partial charge in [-0.3, -0.25) is 9.69 Å². The third kappa shape index (κ3) is 3.82. The predicted molar refractivity (Wildman–Crippen MR) is 129 cm³/mol. The molecule has 0 bridgehead atoms. The van der Waals surface area contributed by atoms with Crippen LogP contribution < -0.4 is 14.8 Å². The van der Waals surface area contributed by atoms with Crippen LogP contribution in [-0.4, -0.2) is 24.7 Å². The van der Waals surface area contributed by atoms with Crippen LogP contribution >= 0.6 is 22.9 Å². The molecule has 1 saturated heterocycles. The third-order valence-electron chi connectivity index (χ3n) is 5.71. The molecule has 5 nitrogen and oxygen atoms in total. The van der Waals surface area contributed by atoms with Crippen LogP contribution in [0.4, 0.5) is 17.1 Å².